The first kappa shape index (κ1) is 19.2. The number of fused-ring (bicyclic) bond motifs is 1. The van der Waals surface area contributed by atoms with Gasteiger partial charge >= 0.3 is 6.11 Å². The van der Waals surface area contributed by atoms with Gasteiger partial charge in [0.25, 0.3) is 0 Å². The maximum absolute atomic E-state index is 14.5. The second-order valence-corrected chi connectivity index (χ2v) is 6.54. The minimum atomic E-state index is -3.82. The van der Waals surface area contributed by atoms with E-state index in [0.717, 1.165) is 31.4 Å². The van der Waals surface area contributed by atoms with Crippen LogP contribution in [0.25, 0.3) is 10.8 Å². The summed E-state index contributed by atoms with van der Waals surface area (Å²) in [5, 5.41) is 1.12. The van der Waals surface area contributed by atoms with Gasteiger partial charge in [-0.3, -0.25) is 0 Å². The maximum Gasteiger partial charge on any atom is 0.429 e. The van der Waals surface area contributed by atoms with Gasteiger partial charge in [-0.25, -0.2) is 8.78 Å². The molecule has 0 saturated carbocycles. The molecule has 0 amide bonds. The number of hydrogen-bond acceptors (Lipinski definition) is 1. The Bertz CT molecular complexity index is 937. The molecule has 0 aromatic heterocycles. The molecule has 3 aromatic rings. The van der Waals surface area contributed by atoms with Crippen molar-refractivity contribution < 1.29 is 22.3 Å². The van der Waals surface area contributed by atoms with E-state index in [4.69, 9.17) is 4.74 Å². The van der Waals surface area contributed by atoms with Crippen LogP contribution in [-0.2, 0) is 12.5 Å². The molecule has 0 radical (unpaired) electrons. The van der Waals surface area contributed by atoms with Gasteiger partial charge in [0.05, 0.1) is 5.56 Å². The highest BCUT2D eigenvalue weighted by Crippen LogP contribution is 2.34. The Kier molecular flexibility index (Phi) is 5.68. The average Bonchev–Trinajstić information content (AvgIpc) is 2.61. The van der Waals surface area contributed by atoms with E-state index in [-0.39, 0.29) is 5.75 Å². The van der Waals surface area contributed by atoms with Crippen LogP contribution in [0.5, 0.6) is 5.75 Å². The van der Waals surface area contributed by atoms with Crippen molar-refractivity contribution in [1.29, 1.82) is 0 Å². The van der Waals surface area contributed by atoms with Gasteiger partial charge in [0.2, 0.25) is 0 Å². The Hall–Kier alpha value is -2.56. The SMILES string of the molecule is CCCCCc1ccc(C(F)(F)Oc2ccc3cc(F)ccc3c2)c(F)c1. The Morgan fingerprint density at radius 2 is 1.59 bits per heavy atom. The third-order valence-electron chi connectivity index (χ3n) is 4.44. The highest BCUT2D eigenvalue weighted by Gasteiger charge is 2.37. The summed E-state index contributed by atoms with van der Waals surface area (Å²) in [5.41, 5.74) is -0.117. The second-order valence-electron chi connectivity index (χ2n) is 6.54. The van der Waals surface area contributed by atoms with Crippen molar-refractivity contribution in [3.05, 3.63) is 77.4 Å². The zero-order chi connectivity index (χ0) is 19.4. The average molecular weight is 376 g/mol. The standard InChI is InChI=1S/C22H20F4O/c1-2-3-4-5-15-6-11-20(21(24)12-15)22(25,26)27-19-10-8-16-13-18(23)9-7-17(16)14-19/h6-14H,2-5H2,1H3. The molecule has 0 aliphatic rings. The lowest BCUT2D eigenvalue weighted by Crippen LogP contribution is -2.23. The number of ether oxygens (including phenoxy) is 1. The minimum Gasteiger partial charge on any atom is -0.429 e. The summed E-state index contributed by atoms with van der Waals surface area (Å²) < 4.78 is 61.2. The lowest BCUT2D eigenvalue weighted by Gasteiger charge is -2.19. The predicted octanol–water partition coefficient (Wildman–Crippen LogP) is 6.98. The Labute approximate surface area is 155 Å². The summed E-state index contributed by atoms with van der Waals surface area (Å²) in [5.74, 6) is -1.52. The number of aryl methyl sites for hydroxylation is 1. The van der Waals surface area contributed by atoms with E-state index in [1.54, 1.807) is 0 Å². The lowest BCUT2D eigenvalue weighted by molar-refractivity contribution is -0.187. The summed E-state index contributed by atoms with van der Waals surface area (Å²) in [7, 11) is 0. The fourth-order valence-electron chi connectivity index (χ4n) is 2.99. The Morgan fingerprint density at radius 3 is 2.33 bits per heavy atom. The molecule has 27 heavy (non-hydrogen) atoms. The molecule has 0 aliphatic carbocycles. The summed E-state index contributed by atoms with van der Waals surface area (Å²) in [6, 6.07) is 11.9. The summed E-state index contributed by atoms with van der Waals surface area (Å²) >= 11 is 0. The van der Waals surface area contributed by atoms with Crippen LogP contribution >= 0.6 is 0 Å². The van der Waals surface area contributed by atoms with E-state index in [1.165, 1.54) is 42.5 Å². The number of alkyl halides is 2. The van der Waals surface area contributed by atoms with Crippen molar-refractivity contribution in [2.75, 3.05) is 0 Å². The van der Waals surface area contributed by atoms with Crippen LogP contribution < -0.4 is 4.74 Å². The molecule has 0 heterocycles. The number of halogens is 4. The van der Waals surface area contributed by atoms with Gasteiger partial charge in [0.15, 0.2) is 0 Å². The Morgan fingerprint density at radius 1 is 0.852 bits per heavy atom. The quantitative estimate of drug-likeness (QED) is 0.319. The smallest absolute Gasteiger partial charge is 0.429 e. The molecule has 3 aromatic carbocycles. The number of unbranched alkanes of at least 4 members (excludes halogenated alkanes) is 2. The van der Waals surface area contributed by atoms with Gasteiger partial charge in [0.1, 0.15) is 17.4 Å². The molecule has 5 heteroatoms. The third kappa shape index (κ3) is 4.59. The van der Waals surface area contributed by atoms with Crippen molar-refractivity contribution in [2.24, 2.45) is 0 Å². The molecule has 0 N–H and O–H groups in total. The van der Waals surface area contributed by atoms with E-state index >= 15 is 0 Å². The van der Waals surface area contributed by atoms with Crippen molar-refractivity contribution in [1.82, 2.24) is 0 Å². The van der Waals surface area contributed by atoms with Gasteiger partial charge in [0, 0.05) is 0 Å². The first-order chi connectivity index (χ1) is 12.9. The molecule has 0 unspecified atom stereocenters. The first-order valence-electron chi connectivity index (χ1n) is 8.94. The molecular weight excluding hydrogens is 356 g/mol. The fraction of sp³-hybridized carbons (Fsp3) is 0.273. The van der Waals surface area contributed by atoms with Crippen molar-refractivity contribution in [3.8, 4) is 5.75 Å². The second kappa shape index (κ2) is 7.99. The van der Waals surface area contributed by atoms with Crippen LogP contribution in [0.1, 0.15) is 37.3 Å². The van der Waals surface area contributed by atoms with E-state index in [9.17, 15) is 17.6 Å². The van der Waals surface area contributed by atoms with E-state index in [2.05, 4.69) is 6.92 Å². The van der Waals surface area contributed by atoms with Gasteiger partial charge in [-0.2, -0.15) is 8.78 Å². The molecule has 0 saturated heterocycles. The molecule has 0 fully saturated rings. The molecule has 3 rings (SSSR count). The van der Waals surface area contributed by atoms with Gasteiger partial charge in [-0.15, -0.1) is 0 Å². The molecule has 0 bridgehead atoms. The zero-order valence-electron chi connectivity index (χ0n) is 14.9. The highest BCUT2D eigenvalue weighted by atomic mass is 19.3. The van der Waals surface area contributed by atoms with Crippen LogP contribution in [0.15, 0.2) is 54.6 Å². The summed E-state index contributed by atoms with van der Waals surface area (Å²) in [4.78, 5) is 0. The van der Waals surface area contributed by atoms with Crippen LogP contribution in [0.2, 0.25) is 0 Å². The van der Waals surface area contributed by atoms with E-state index < -0.39 is 23.3 Å². The van der Waals surface area contributed by atoms with Crippen LogP contribution in [0.3, 0.4) is 0 Å². The third-order valence-corrected chi connectivity index (χ3v) is 4.44. The van der Waals surface area contributed by atoms with Gasteiger partial charge in [-0.1, -0.05) is 38.0 Å². The molecule has 0 spiro atoms. The maximum atomic E-state index is 14.5. The first-order valence-corrected chi connectivity index (χ1v) is 8.94. The van der Waals surface area contributed by atoms with Crippen LogP contribution in [0, 0.1) is 11.6 Å². The van der Waals surface area contributed by atoms with Crippen molar-refractivity contribution in [3.63, 3.8) is 0 Å². The molecule has 142 valence electrons. The number of hydrogen-bond donors (Lipinski definition) is 0. The topological polar surface area (TPSA) is 9.23 Å². The van der Waals surface area contributed by atoms with E-state index in [0.29, 0.717) is 22.8 Å². The predicted molar refractivity (Wildman–Crippen MR) is 98.1 cm³/mol. The molecule has 0 atom stereocenters. The summed E-state index contributed by atoms with van der Waals surface area (Å²) in [6.45, 7) is 2.06. The summed E-state index contributed by atoms with van der Waals surface area (Å²) in [6.07, 6.45) is -0.238. The van der Waals surface area contributed by atoms with Gasteiger partial charge in [-0.05, 0) is 65.6 Å². The monoisotopic (exact) mass is 376 g/mol. The molecular formula is C22H20F4O. The van der Waals surface area contributed by atoms with Crippen molar-refractivity contribution >= 4 is 10.8 Å². The fourth-order valence-corrected chi connectivity index (χ4v) is 2.99. The lowest BCUT2D eigenvalue weighted by atomic mass is 10.0. The number of benzene rings is 3. The van der Waals surface area contributed by atoms with Crippen LogP contribution in [-0.4, -0.2) is 0 Å². The zero-order valence-corrected chi connectivity index (χ0v) is 14.9. The van der Waals surface area contributed by atoms with Gasteiger partial charge < -0.3 is 4.74 Å². The molecule has 1 nitrogen and oxygen atoms in total. The van der Waals surface area contributed by atoms with Crippen molar-refractivity contribution in [2.45, 2.75) is 38.7 Å². The number of rotatable bonds is 7. The minimum absolute atomic E-state index is 0.120. The van der Waals surface area contributed by atoms with Crippen LogP contribution in [0.4, 0.5) is 17.6 Å². The highest BCUT2D eigenvalue weighted by molar-refractivity contribution is 5.83. The molecule has 0 aliphatic heterocycles. The Balaban J connectivity index is 1.80. The largest absolute Gasteiger partial charge is 0.429 e. The van der Waals surface area contributed by atoms with E-state index in [1.807, 2.05) is 0 Å². The normalized spacial score (nSPS) is 11.7.